The summed E-state index contributed by atoms with van der Waals surface area (Å²) in [7, 11) is 0. The minimum absolute atomic E-state index is 0.0165. The van der Waals surface area contributed by atoms with Gasteiger partial charge in [0.2, 0.25) is 5.91 Å². The number of hydrogen-bond acceptors (Lipinski definition) is 3. The largest absolute Gasteiger partial charge is 0.352 e. The van der Waals surface area contributed by atoms with E-state index in [0.29, 0.717) is 13.1 Å². The molecule has 1 aliphatic carbocycles. The van der Waals surface area contributed by atoms with Crippen molar-refractivity contribution in [2.75, 3.05) is 26.2 Å². The van der Waals surface area contributed by atoms with Crippen molar-refractivity contribution in [2.24, 2.45) is 11.7 Å². The van der Waals surface area contributed by atoms with Crippen LogP contribution in [0.1, 0.15) is 12.8 Å². The third-order valence-corrected chi connectivity index (χ3v) is 3.09. The molecular formula is C10H18N4O2. The molecule has 1 saturated carbocycles. The average molecular weight is 226 g/mol. The van der Waals surface area contributed by atoms with Gasteiger partial charge in [-0.05, 0) is 18.8 Å². The fourth-order valence-corrected chi connectivity index (χ4v) is 2.05. The minimum atomic E-state index is -0.611. The summed E-state index contributed by atoms with van der Waals surface area (Å²) in [5.74, 6) is 0.303. The molecule has 6 nitrogen and oxygen atoms in total. The van der Waals surface area contributed by atoms with E-state index in [4.69, 9.17) is 5.73 Å². The second kappa shape index (κ2) is 4.69. The second-order valence-electron chi connectivity index (χ2n) is 4.40. The van der Waals surface area contributed by atoms with Gasteiger partial charge in [0.05, 0.1) is 0 Å². The Balaban J connectivity index is 1.95. The Morgan fingerprint density at radius 1 is 1.31 bits per heavy atom. The molecule has 4 N–H and O–H groups in total. The zero-order chi connectivity index (χ0) is 11.5. The molecule has 0 aromatic heterocycles. The summed E-state index contributed by atoms with van der Waals surface area (Å²) in [5.41, 5.74) is 5.09. The molecule has 90 valence electrons. The number of hydrogen-bond donors (Lipinski definition) is 3. The SMILES string of the molecule is NC(=O)NC(C(=O)N1CCNCC1)C1CC1. The van der Waals surface area contributed by atoms with E-state index in [0.717, 1.165) is 25.9 Å². The first-order chi connectivity index (χ1) is 7.68. The molecule has 0 aromatic carbocycles. The van der Waals surface area contributed by atoms with Crippen LogP contribution in [-0.2, 0) is 4.79 Å². The van der Waals surface area contributed by atoms with Crippen LogP contribution in [0, 0.1) is 5.92 Å². The van der Waals surface area contributed by atoms with Crippen LogP contribution in [-0.4, -0.2) is 49.1 Å². The van der Waals surface area contributed by atoms with Crippen LogP contribution in [0.25, 0.3) is 0 Å². The Hall–Kier alpha value is -1.30. The molecule has 1 atom stereocenters. The number of nitrogens with zero attached hydrogens (tertiary/aromatic N) is 1. The van der Waals surface area contributed by atoms with E-state index in [1.807, 2.05) is 0 Å². The normalized spacial score (nSPS) is 22.6. The quantitative estimate of drug-likeness (QED) is 0.569. The van der Waals surface area contributed by atoms with Gasteiger partial charge in [-0.2, -0.15) is 0 Å². The standard InChI is InChI=1S/C10H18N4O2/c11-10(16)13-8(7-1-2-7)9(15)14-5-3-12-4-6-14/h7-8,12H,1-6H2,(H3,11,13,16). The van der Waals surface area contributed by atoms with E-state index < -0.39 is 12.1 Å². The highest BCUT2D eigenvalue weighted by atomic mass is 16.2. The van der Waals surface area contributed by atoms with Gasteiger partial charge >= 0.3 is 6.03 Å². The van der Waals surface area contributed by atoms with E-state index in [9.17, 15) is 9.59 Å². The van der Waals surface area contributed by atoms with Crippen molar-refractivity contribution >= 4 is 11.9 Å². The number of primary amides is 1. The highest BCUT2D eigenvalue weighted by molar-refractivity contribution is 5.87. The highest BCUT2D eigenvalue weighted by Gasteiger charge is 2.39. The highest BCUT2D eigenvalue weighted by Crippen LogP contribution is 2.33. The van der Waals surface area contributed by atoms with E-state index in [-0.39, 0.29) is 11.8 Å². The van der Waals surface area contributed by atoms with Crippen LogP contribution in [0.3, 0.4) is 0 Å². The van der Waals surface area contributed by atoms with Crippen molar-refractivity contribution in [3.05, 3.63) is 0 Å². The summed E-state index contributed by atoms with van der Waals surface area (Å²) < 4.78 is 0. The van der Waals surface area contributed by atoms with Crippen LogP contribution in [0.15, 0.2) is 0 Å². The molecule has 0 radical (unpaired) electrons. The summed E-state index contributed by atoms with van der Waals surface area (Å²) >= 11 is 0. The van der Waals surface area contributed by atoms with E-state index in [1.165, 1.54) is 0 Å². The molecule has 6 heteroatoms. The lowest BCUT2D eigenvalue weighted by Crippen LogP contribution is -2.55. The first-order valence-corrected chi connectivity index (χ1v) is 5.74. The van der Waals surface area contributed by atoms with Crippen LogP contribution in [0.4, 0.5) is 4.79 Å². The average Bonchev–Trinajstić information content (AvgIpc) is 3.10. The molecule has 0 spiro atoms. The Morgan fingerprint density at radius 2 is 1.94 bits per heavy atom. The zero-order valence-electron chi connectivity index (χ0n) is 9.24. The van der Waals surface area contributed by atoms with E-state index >= 15 is 0 Å². The third kappa shape index (κ3) is 2.63. The van der Waals surface area contributed by atoms with Crippen LogP contribution in [0.2, 0.25) is 0 Å². The molecule has 1 saturated heterocycles. The Labute approximate surface area is 94.5 Å². The van der Waals surface area contributed by atoms with Crippen molar-refractivity contribution in [2.45, 2.75) is 18.9 Å². The number of carbonyl (C=O) groups is 2. The summed E-state index contributed by atoms with van der Waals surface area (Å²) in [6, 6.07) is -1.02. The lowest BCUT2D eigenvalue weighted by molar-refractivity contribution is -0.134. The van der Waals surface area contributed by atoms with Crippen molar-refractivity contribution in [1.82, 2.24) is 15.5 Å². The third-order valence-electron chi connectivity index (χ3n) is 3.09. The number of rotatable bonds is 3. The summed E-state index contributed by atoms with van der Waals surface area (Å²) in [6.45, 7) is 3.06. The number of nitrogens with one attached hydrogen (secondary N) is 2. The molecule has 1 unspecified atom stereocenters. The van der Waals surface area contributed by atoms with Gasteiger partial charge in [-0.3, -0.25) is 4.79 Å². The predicted octanol–water partition coefficient (Wildman–Crippen LogP) is -1.13. The van der Waals surface area contributed by atoms with Crippen molar-refractivity contribution < 1.29 is 9.59 Å². The summed E-state index contributed by atoms with van der Waals surface area (Å²) in [4.78, 5) is 24.8. The van der Waals surface area contributed by atoms with Crippen molar-refractivity contribution in [3.8, 4) is 0 Å². The van der Waals surface area contributed by atoms with Crippen molar-refractivity contribution in [3.63, 3.8) is 0 Å². The topological polar surface area (TPSA) is 87.5 Å². The molecule has 2 aliphatic rings. The van der Waals surface area contributed by atoms with E-state index in [1.54, 1.807) is 4.90 Å². The second-order valence-corrected chi connectivity index (χ2v) is 4.40. The number of nitrogens with two attached hydrogens (primary N) is 1. The van der Waals surface area contributed by atoms with Gasteiger partial charge in [-0.1, -0.05) is 0 Å². The number of amides is 3. The molecule has 2 rings (SSSR count). The molecule has 0 bridgehead atoms. The molecule has 1 aliphatic heterocycles. The smallest absolute Gasteiger partial charge is 0.312 e. The fourth-order valence-electron chi connectivity index (χ4n) is 2.05. The maximum absolute atomic E-state index is 12.1. The first kappa shape index (κ1) is 11.2. The Bertz CT molecular complexity index is 285. The fraction of sp³-hybridized carbons (Fsp3) is 0.800. The number of urea groups is 1. The lowest BCUT2D eigenvalue weighted by Gasteiger charge is -2.31. The van der Waals surface area contributed by atoms with Gasteiger partial charge in [-0.25, -0.2) is 4.79 Å². The summed E-state index contributed by atoms with van der Waals surface area (Å²) in [5, 5.41) is 5.75. The molecule has 0 aromatic rings. The lowest BCUT2D eigenvalue weighted by atomic mass is 10.1. The van der Waals surface area contributed by atoms with Gasteiger partial charge in [-0.15, -0.1) is 0 Å². The van der Waals surface area contributed by atoms with Gasteiger partial charge in [0.1, 0.15) is 6.04 Å². The zero-order valence-corrected chi connectivity index (χ0v) is 9.24. The monoisotopic (exact) mass is 226 g/mol. The minimum Gasteiger partial charge on any atom is -0.352 e. The van der Waals surface area contributed by atoms with Gasteiger partial charge in [0.25, 0.3) is 0 Å². The van der Waals surface area contributed by atoms with Crippen LogP contribution >= 0.6 is 0 Å². The predicted molar refractivity (Wildman–Crippen MR) is 58.7 cm³/mol. The molecule has 2 fully saturated rings. The first-order valence-electron chi connectivity index (χ1n) is 5.74. The van der Waals surface area contributed by atoms with Gasteiger partial charge in [0, 0.05) is 26.2 Å². The van der Waals surface area contributed by atoms with Crippen molar-refractivity contribution in [1.29, 1.82) is 0 Å². The van der Waals surface area contributed by atoms with Gasteiger partial charge < -0.3 is 21.3 Å². The van der Waals surface area contributed by atoms with Gasteiger partial charge in [0.15, 0.2) is 0 Å². The molecule has 3 amide bonds. The molecule has 1 heterocycles. The molecule has 16 heavy (non-hydrogen) atoms. The van der Waals surface area contributed by atoms with Crippen LogP contribution in [0.5, 0.6) is 0 Å². The number of carbonyl (C=O) groups excluding carboxylic acids is 2. The number of piperazine rings is 1. The molecular weight excluding hydrogens is 208 g/mol. The maximum Gasteiger partial charge on any atom is 0.312 e. The summed E-state index contributed by atoms with van der Waals surface area (Å²) in [6.07, 6.45) is 2.01. The Kier molecular flexibility index (Phi) is 3.28. The maximum atomic E-state index is 12.1. The van der Waals surface area contributed by atoms with E-state index in [2.05, 4.69) is 10.6 Å². The Morgan fingerprint density at radius 3 is 2.44 bits per heavy atom. The van der Waals surface area contributed by atoms with Crippen LogP contribution < -0.4 is 16.4 Å².